The van der Waals surface area contributed by atoms with Crippen LogP contribution < -0.4 is 10.2 Å². The molecule has 1 aliphatic heterocycles. The Balaban J connectivity index is 1.98. The molecule has 0 bridgehead atoms. The highest BCUT2D eigenvalue weighted by Crippen LogP contribution is 1.89. The van der Waals surface area contributed by atoms with E-state index in [1.807, 2.05) is 13.8 Å². The van der Waals surface area contributed by atoms with Crippen LogP contribution in [-0.2, 0) is 9.53 Å². The van der Waals surface area contributed by atoms with E-state index in [-0.39, 0.29) is 11.8 Å². The summed E-state index contributed by atoms with van der Waals surface area (Å²) >= 11 is 0. The lowest BCUT2D eigenvalue weighted by Gasteiger charge is -2.23. The lowest BCUT2D eigenvalue weighted by Crippen LogP contribution is -3.14. The van der Waals surface area contributed by atoms with Gasteiger partial charge in [0.1, 0.15) is 13.1 Å². The largest absolute Gasteiger partial charge is 0.370 e. The lowest BCUT2D eigenvalue weighted by molar-refractivity contribution is -0.908. The highest BCUT2D eigenvalue weighted by molar-refractivity contribution is 5.77. The molecular formula is C11H23N2O2+. The van der Waals surface area contributed by atoms with E-state index < -0.39 is 0 Å². The highest BCUT2D eigenvalue weighted by Gasteiger charge is 2.13. The topological polar surface area (TPSA) is 42.8 Å². The summed E-state index contributed by atoms with van der Waals surface area (Å²) in [7, 11) is 0. The summed E-state index contributed by atoms with van der Waals surface area (Å²) in [5, 5.41) is 2.94. The Kier molecular flexibility index (Phi) is 5.65. The smallest absolute Gasteiger partial charge is 0.222 e. The number of carbonyl (C=O) groups is 1. The number of rotatable bonds is 5. The van der Waals surface area contributed by atoms with Crippen molar-refractivity contribution in [3.63, 3.8) is 0 Å². The summed E-state index contributed by atoms with van der Waals surface area (Å²) in [5.74, 6) is 0.257. The maximum atomic E-state index is 11.3. The van der Waals surface area contributed by atoms with Gasteiger partial charge in [0.2, 0.25) is 5.91 Å². The van der Waals surface area contributed by atoms with E-state index in [4.69, 9.17) is 4.74 Å². The molecule has 4 heteroatoms. The predicted octanol–water partition coefficient (Wildman–Crippen LogP) is -0.936. The Morgan fingerprint density at radius 1 is 1.40 bits per heavy atom. The van der Waals surface area contributed by atoms with E-state index in [1.165, 1.54) is 0 Å². The second kappa shape index (κ2) is 6.80. The first-order chi connectivity index (χ1) is 7.20. The Labute approximate surface area is 92.0 Å². The molecule has 0 spiro atoms. The zero-order valence-electron chi connectivity index (χ0n) is 9.84. The van der Waals surface area contributed by atoms with Crippen LogP contribution in [0.5, 0.6) is 0 Å². The molecule has 0 aliphatic carbocycles. The number of carbonyl (C=O) groups excluding carboxylic acids is 1. The van der Waals surface area contributed by atoms with Crippen LogP contribution >= 0.6 is 0 Å². The SMILES string of the molecule is CC(C)C(=O)NCCC[NH+]1CCOCC1. The van der Waals surface area contributed by atoms with Crippen molar-refractivity contribution in [3.05, 3.63) is 0 Å². The van der Waals surface area contributed by atoms with Crippen molar-refractivity contribution in [2.45, 2.75) is 20.3 Å². The van der Waals surface area contributed by atoms with Crippen LogP contribution in [0.15, 0.2) is 0 Å². The molecule has 1 rings (SSSR count). The fraction of sp³-hybridized carbons (Fsp3) is 0.909. The van der Waals surface area contributed by atoms with Crippen molar-refractivity contribution in [3.8, 4) is 0 Å². The number of ether oxygens (including phenoxy) is 1. The van der Waals surface area contributed by atoms with E-state index >= 15 is 0 Å². The number of hydrogen-bond acceptors (Lipinski definition) is 2. The van der Waals surface area contributed by atoms with Gasteiger partial charge in [0.25, 0.3) is 0 Å². The van der Waals surface area contributed by atoms with Gasteiger partial charge in [-0.2, -0.15) is 0 Å². The van der Waals surface area contributed by atoms with Crippen molar-refractivity contribution < 1.29 is 14.4 Å². The molecule has 1 heterocycles. The molecular weight excluding hydrogens is 192 g/mol. The van der Waals surface area contributed by atoms with Crippen LogP contribution in [0.4, 0.5) is 0 Å². The van der Waals surface area contributed by atoms with Crippen LogP contribution in [0.1, 0.15) is 20.3 Å². The van der Waals surface area contributed by atoms with Gasteiger partial charge < -0.3 is 15.0 Å². The molecule has 0 unspecified atom stereocenters. The molecule has 15 heavy (non-hydrogen) atoms. The summed E-state index contributed by atoms with van der Waals surface area (Å²) in [6, 6.07) is 0. The number of morpholine rings is 1. The summed E-state index contributed by atoms with van der Waals surface area (Å²) in [6.45, 7) is 9.77. The van der Waals surface area contributed by atoms with Gasteiger partial charge in [0, 0.05) is 18.9 Å². The zero-order valence-corrected chi connectivity index (χ0v) is 9.84. The van der Waals surface area contributed by atoms with Gasteiger partial charge >= 0.3 is 0 Å². The Morgan fingerprint density at radius 2 is 2.07 bits per heavy atom. The minimum atomic E-state index is 0.0979. The van der Waals surface area contributed by atoms with E-state index in [2.05, 4.69) is 5.32 Å². The molecule has 0 atom stereocenters. The summed E-state index contributed by atoms with van der Waals surface area (Å²) in [5.41, 5.74) is 0. The third-order valence-corrected chi connectivity index (χ3v) is 2.73. The van der Waals surface area contributed by atoms with Crippen LogP contribution in [-0.4, -0.2) is 45.3 Å². The summed E-state index contributed by atoms with van der Waals surface area (Å²) < 4.78 is 5.29. The quantitative estimate of drug-likeness (QED) is 0.582. The fourth-order valence-electron chi connectivity index (χ4n) is 1.66. The standard InChI is InChI=1S/C11H22N2O2/c1-10(2)11(14)12-4-3-5-13-6-8-15-9-7-13/h10H,3-9H2,1-2H3,(H,12,14)/p+1. The monoisotopic (exact) mass is 215 g/mol. The minimum Gasteiger partial charge on any atom is -0.370 e. The number of amides is 1. The van der Waals surface area contributed by atoms with Gasteiger partial charge in [0.15, 0.2) is 0 Å². The second-order valence-corrected chi connectivity index (χ2v) is 4.41. The number of hydrogen-bond donors (Lipinski definition) is 2. The first-order valence-corrected chi connectivity index (χ1v) is 5.89. The van der Waals surface area contributed by atoms with Crippen LogP contribution in [0, 0.1) is 5.92 Å². The lowest BCUT2D eigenvalue weighted by atomic mass is 10.2. The molecule has 0 radical (unpaired) electrons. The van der Waals surface area contributed by atoms with Crippen molar-refractivity contribution in [1.82, 2.24) is 5.32 Å². The minimum absolute atomic E-state index is 0.0979. The Morgan fingerprint density at radius 3 is 2.67 bits per heavy atom. The Hall–Kier alpha value is -0.610. The summed E-state index contributed by atoms with van der Waals surface area (Å²) in [4.78, 5) is 12.9. The average molecular weight is 215 g/mol. The van der Waals surface area contributed by atoms with Gasteiger partial charge in [-0.1, -0.05) is 13.8 Å². The van der Waals surface area contributed by atoms with E-state index in [9.17, 15) is 4.79 Å². The van der Waals surface area contributed by atoms with Gasteiger partial charge in [-0.25, -0.2) is 0 Å². The van der Waals surface area contributed by atoms with Gasteiger partial charge in [0.05, 0.1) is 19.8 Å². The van der Waals surface area contributed by atoms with Crippen molar-refractivity contribution in [2.24, 2.45) is 5.92 Å². The first kappa shape index (κ1) is 12.5. The van der Waals surface area contributed by atoms with Crippen LogP contribution in [0.3, 0.4) is 0 Å². The van der Waals surface area contributed by atoms with E-state index in [1.54, 1.807) is 4.90 Å². The number of quaternary nitrogens is 1. The van der Waals surface area contributed by atoms with Crippen LogP contribution in [0.2, 0.25) is 0 Å². The predicted molar refractivity (Wildman–Crippen MR) is 58.8 cm³/mol. The second-order valence-electron chi connectivity index (χ2n) is 4.41. The third kappa shape index (κ3) is 5.14. The molecule has 0 aromatic heterocycles. The molecule has 0 saturated carbocycles. The van der Waals surface area contributed by atoms with Gasteiger partial charge in [-0.05, 0) is 0 Å². The average Bonchev–Trinajstić information content (AvgIpc) is 2.25. The highest BCUT2D eigenvalue weighted by atomic mass is 16.5. The molecule has 1 amide bonds. The zero-order chi connectivity index (χ0) is 11.1. The van der Waals surface area contributed by atoms with E-state index in [0.717, 1.165) is 45.8 Å². The molecule has 4 nitrogen and oxygen atoms in total. The Bertz CT molecular complexity index is 189. The van der Waals surface area contributed by atoms with Crippen molar-refractivity contribution in [1.29, 1.82) is 0 Å². The third-order valence-electron chi connectivity index (χ3n) is 2.73. The van der Waals surface area contributed by atoms with Crippen LogP contribution in [0.25, 0.3) is 0 Å². The molecule has 0 aromatic rings. The fourth-order valence-corrected chi connectivity index (χ4v) is 1.66. The molecule has 1 fully saturated rings. The van der Waals surface area contributed by atoms with Crippen molar-refractivity contribution in [2.75, 3.05) is 39.4 Å². The molecule has 0 aromatic carbocycles. The summed E-state index contributed by atoms with van der Waals surface area (Å²) in [6.07, 6.45) is 1.06. The molecule has 1 aliphatic rings. The number of nitrogens with one attached hydrogen (secondary N) is 2. The normalized spacial score (nSPS) is 18.1. The van der Waals surface area contributed by atoms with Crippen molar-refractivity contribution >= 4 is 5.91 Å². The molecule has 2 N–H and O–H groups in total. The maximum Gasteiger partial charge on any atom is 0.222 e. The molecule has 88 valence electrons. The van der Waals surface area contributed by atoms with E-state index in [0.29, 0.717) is 0 Å². The molecule has 1 saturated heterocycles. The van der Waals surface area contributed by atoms with Gasteiger partial charge in [-0.3, -0.25) is 4.79 Å². The van der Waals surface area contributed by atoms with Gasteiger partial charge in [-0.15, -0.1) is 0 Å². The maximum absolute atomic E-state index is 11.3. The first-order valence-electron chi connectivity index (χ1n) is 5.89.